The molecule has 1 aromatic rings. The van der Waals surface area contributed by atoms with Gasteiger partial charge in [0.25, 0.3) is 0 Å². The fourth-order valence-electron chi connectivity index (χ4n) is 3.89. The first-order chi connectivity index (χ1) is 10.3. The Balaban J connectivity index is 1.52. The maximum absolute atomic E-state index is 5.81. The van der Waals surface area contributed by atoms with Crippen LogP contribution in [0, 0.1) is 0 Å². The molecule has 2 aliphatic rings. The monoisotopic (exact) mass is 288 g/mol. The number of hydrogen-bond donors (Lipinski definition) is 1. The Hall–Kier alpha value is -1.06. The molecule has 1 fully saturated rings. The van der Waals surface area contributed by atoms with Crippen molar-refractivity contribution in [2.75, 3.05) is 26.7 Å². The van der Waals surface area contributed by atoms with Crippen LogP contribution in [-0.4, -0.2) is 43.7 Å². The predicted molar refractivity (Wildman–Crippen MR) is 87.0 cm³/mol. The fourth-order valence-corrected chi connectivity index (χ4v) is 3.89. The van der Waals surface area contributed by atoms with Gasteiger partial charge in [0, 0.05) is 30.1 Å². The Labute approximate surface area is 128 Å². The second-order valence-electron chi connectivity index (χ2n) is 6.55. The SMILES string of the molecule is CCNC1CCC(N(C)CC2COc3ccccc32)CC1. The molecule has 0 spiro atoms. The van der Waals surface area contributed by atoms with Crippen molar-refractivity contribution in [2.24, 2.45) is 0 Å². The number of nitrogens with zero attached hydrogens (tertiary/aromatic N) is 1. The first-order valence-electron chi connectivity index (χ1n) is 8.43. The van der Waals surface area contributed by atoms with E-state index in [2.05, 4.69) is 48.5 Å². The lowest BCUT2D eigenvalue weighted by molar-refractivity contribution is 0.160. The lowest BCUT2D eigenvalue weighted by Crippen LogP contribution is -2.42. The largest absolute Gasteiger partial charge is 0.493 e. The van der Waals surface area contributed by atoms with Crippen molar-refractivity contribution in [3.8, 4) is 5.75 Å². The Bertz CT molecular complexity index is 454. The molecule has 1 unspecified atom stereocenters. The summed E-state index contributed by atoms with van der Waals surface area (Å²) in [4.78, 5) is 2.57. The van der Waals surface area contributed by atoms with E-state index in [1.165, 1.54) is 31.2 Å². The van der Waals surface area contributed by atoms with Gasteiger partial charge >= 0.3 is 0 Å². The van der Waals surface area contributed by atoms with E-state index in [0.717, 1.165) is 37.5 Å². The lowest BCUT2D eigenvalue weighted by atomic mass is 9.89. The Kier molecular flexibility index (Phi) is 4.81. The van der Waals surface area contributed by atoms with Crippen LogP contribution in [0.15, 0.2) is 24.3 Å². The third-order valence-electron chi connectivity index (χ3n) is 5.12. The van der Waals surface area contributed by atoms with Gasteiger partial charge in [0.05, 0.1) is 6.61 Å². The van der Waals surface area contributed by atoms with E-state index in [4.69, 9.17) is 4.74 Å². The first kappa shape index (κ1) is 14.9. The normalized spacial score (nSPS) is 28.4. The molecule has 0 saturated heterocycles. The van der Waals surface area contributed by atoms with Gasteiger partial charge in [0.1, 0.15) is 5.75 Å². The van der Waals surface area contributed by atoms with Crippen LogP contribution in [0.1, 0.15) is 44.1 Å². The lowest BCUT2D eigenvalue weighted by Gasteiger charge is -2.36. The van der Waals surface area contributed by atoms with Crippen molar-refractivity contribution < 1.29 is 4.74 Å². The van der Waals surface area contributed by atoms with Crippen LogP contribution in [0.4, 0.5) is 0 Å². The summed E-state index contributed by atoms with van der Waals surface area (Å²) in [6.07, 6.45) is 5.29. The molecule has 0 amide bonds. The second-order valence-corrected chi connectivity index (χ2v) is 6.55. The number of nitrogens with one attached hydrogen (secondary N) is 1. The van der Waals surface area contributed by atoms with Crippen molar-refractivity contribution in [3.63, 3.8) is 0 Å². The molecule has 1 saturated carbocycles. The molecule has 3 rings (SSSR count). The standard InChI is InChI=1S/C18H28N2O/c1-3-19-15-8-10-16(11-9-15)20(2)12-14-13-21-18-7-5-4-6-17(14)18/h4-7,14-16,19H,3,8-13H2,1-2H3. The molecule has 0 radical (unpaired) electrons. The number of benzene rings is 1. The average Bonchev–Trinajstić information content (AvgIpc) is 2.92. The fraction of sp³-hybridized carbons (Fsp3) is 0.667. The molecule has 21 heavy (non-hydrogen) atoms. The van der Waals surface area contributed by atoms with Gasteiger partial charge in [-0.25, -0.2) is 0 Å². The minimum absolute atomic E-state index is 0.540. The highest BCUT2D eigenvalue weighted by Gasteiger charge is 2.29. The van der Waals surface area contributed by atoms with Crippen LogP contribution in [0.25, 0.3) is 0 Å². The quantitative estimate of drug-likeness (QED) is 0.901. The second kappa shape index (κ2) is 6.80. The van der Waals surface area contributed by atoms with E-state index < -0.39 is 0 Å². The highest BCUT2D eigenvalue weighted by atomic mass is 16.5. The van der Waals surface area contributed by atoms with Crippen molar-refractivity contribution in [3.05, 3.63) is 29.8 Å². The molecule has 1 aliphatic carbocycles. The number of hydrogen-bond acceptors (Lipinski definition) is 3. The summed E-state index contributed by atoms with van der Waals surface area (Å²) in [6, 6.07) is 10.00. The highest BCUT2D eigenvalue weighted by molar-refractivity contribution is 5.39. The van der Waals surface area contributed by atoms with E-state index in [1.54, 1.807) is 0 Å². The summed E-state index contributed by atoms with van der Waals surface area (Å²) in [5, 5.41) is 3.59. The van der Waals surface area contributed by atoms with Crippen molar-refractivity contribution in [2.45, 2.75) is 50.6 Å². The first-order valence-corrected chi connectivity index (χ1v) is 8.43. The number of fused-ring (bicyclic) bond motifs is 1. The summed E-state index contributed by atoms with van der Waals surface area (Å²) in [5.41, 5.74) is 1.39. The average molecular weight is 288 g/mol. The summed E-state index contributed by atoms with van der Waals surface area (Å²) in [5.74, 6) is 1.63. The van der Waals surface area contributed by atoms with Crippen LogP contribution < -0.4 is 10.1 Å². The van der Waals surface area contributed by atoms with E-state index in [-0.39, 0.29) is 0 Å². The molecule has 3 nitrogen and oxygen atoms in total. The molecule has 116 valence electrons. The molecule has 1 N–H and O–H groups in total. The molecule has 3 heteroatoms. The molecule has 0 aromatic heterocycles. The van der Waals surface area contributed by atoms with Crippen molar-refractivity contribution >= 4 is 0 Å². The highest BCUT2D eigenvalue weighted by Crippen LogP contribution is 2.34. The summed E-state index contributed by atoms with van der Waals surface area (Å²) >= 11 is 0. The summed E-state index contributed by atoms with van der Waals surface area (Å²) < 4.78 is 5.81. The van der Waals surface area contributed by atoms with Crippen LogP contribution in [0.3, 0.4) is 0 Å². The Morgan fingerprint density at radius 1 is 1.19 bits per heavy atom. The summed E-state index contributed by atoms with van der Waals surface area (Å²) in [6.45, 7) is 5.26. The van der Waals surface area contributed by atoms with Crippen molar-refractivity contribution in [1.82, 2.24) is 10.2 Å². The summed E-state index contributed by atoms with van der Waals surface area (Å²) in [7, 11) is 2.29. The van der Waals surface area contributed by atoms with Gasteiger partial charge in [-0.05, 0) is 45.3 Å². The molecule has 0 bridgehead atoms. The topological polar surface area (TPSA) is 24.5 Å². The number of likely N-dealkylation sites (N-methyl/N-ethyl adjacent to an activating group) is 1. The van der Waals surface area contributed by atoms with E-state index in [9.17, 15) is 0 Å². The van der Waals surface area contributed by atoms with Crippen LogP contribution in [0.5, 0.6) is 5.75 Å². The van der Waals surface area contributed by atoms with Gasteiger partial charge in [-0.1, -0.05) is 25.1 Å². The number of rotatable bonds is 5. The van der Waals surface area contributed by atoms with E-state index >= 15 is 0 Å². The minimum Gasteiger partial charge on any atom is -0.493 e. The van der Waals surface area contributed by atoms with Gasteiger partial charge in [-0.2, -0.15) is 0 Å². The smallest absolute Gasteiger partial charge is 0.122 e. The Morgan fingerprint density at radius 3 is 2.71 bits per heavy atom. The molecule has 1 heterocycles. The molecule has 1 aliphatic heterocycles. The van der Waals surface area contributed by atoms with Gasteiger partial charge in [0.2, 0.25) is 0 Å². The van der Waals surface area contributed by atoms with Crippen LogP contribution in [-0.2, 0) is 0 Å². The molecule has 1 atom stereocenters. The molecular formula is C18H28N2O. The maximum atomic E-state index is 5.81. The third-order valence-corrected chi connectivity index (χ3v) is 5.12. The van der Waals surface area contributed by atoms with Crippen molar-refractivity contribution in [1.29, 1.82) is 0 Å². The van der Waals surface area contributed by atoms with Crippen LogP contribution in [0.2, 0.25) is 0 Å². The molecule has 1 aromatic carbocycles. The minimum atomic E-state index is 0.540. The number of ether oxygens (including phenoxy) is 1. The van der Waals surface area contributed by atoms with Gasteiger partial charge in [-0.15, -0.1) is 0 Å². The zero-order valence-corrected chi connectivity index (χ0v) is 13.3. The zero-order valence-electron chi connectivity index (χ0n) is 13.3. The van der Waals surface area contributed by atoms with Crippen LogP contribution >= 0.6 is 0 Å². The third kappa shape index (κ3) is 3.41. The zero-order chi connectivity index (χ0) is 14.7. The maximum Gasteiger partial charge on any atom is 0.122 e. The van der Waals surface area contributed by atoms with Gasteiger partial charge in [-0.3, -0.25) is 0 Å². The van der Waals surface area contributed by atoms with Gasteiger partial charge < -0.3 is 15.0 Å². The van der Waals surface area contributed by atoms with E-state index in [1.807, 2.05) is 0 Å². The van der Waals surface area contributed by atoms with Gasteiger partial charge in [0.15, 0.2) is 0 Å². The predicted octanol–water partition coefficient (Wildman–Crippen LogP) is 3.02. The Morgan fingerprint density at radius 2 is 1.95 bits per heavy atom. The number of para-hydroxylation sites is 1. The molecular weight excluding hydrogens is 260 g/mol. The van der Waals surface area contributed by atoms with E-state index in [0.29, 0.717) is 5.92 Å².